The SMILES string of the molecule is COc1ccc(C=C(C#N)c2nn[nH]n2)cc1OC. The Morgan fingerprint density at radius 2 is 2.11 bits per heavy atom. The van der Waals surface area contributed by atoms with Crippen LogP contribution in [-0.2, 0) is 0 Å². The minimum Gasteiger partial charge on any atom is -0.493 e. The standard InChI is InChI=1S/C12H11N5O2/c1-18-10-4-3-8(6-11(10)19-2)5-9(7-13)12-14-16-17-15-12/h3-6H,1-2H3,(H,14,15,16,17). The summed E-state index contributed by atoms with van der Waals surface area (Å²) in [5.41, 5.74) is 1.08. The minimum absolute atomic E-state index is 0.247. The summed E-state index contributed by atoms with van der Waals surface area (Å²) < 4.78 is 10.3. The molecule has 0 bridgehead atoms. The van der Waals surface area contributed by atoms with Gasteiger partial charge in [-0.3, -0.25) is 0 Å². The molecular weight excluding hydrogens is 246 g/mol. The van der Waals surface area contributed by atoms with Gasteiger partial charge in [0.15, 0.2) is 11.5 Å². The van der Waals surface area contributed by atoms with Gasteiger partial charge in [-0.15, -0.1) is 10.2 Å². The maximum absolute atomic E-state index is 9.09. The molecule has 7 nitrogen and oxygen atoms in total. The lowest BCUT2D eigenvalue weighted by molar-refractivity contribution is 0.355. The fourth-order valence-corrected chi connectivity index (χ4v) is 1.53. The molecule has 0 aliphatic rings. The quantitative estimate of drug-likeness (QED) is 0.829. The third-order valence-electron chi connectivity index (χ3n) is 2.43. The van der Waals surface area contributed by atoms with Gasteiger partial charge in [0.25, 0.3) is 0 Å². The minimum atomic E-state index is 0.247. The molecule has 2 rings (SSSR count). The van der Waals surface area contributed by atoms with E-state index in [1.807, 2.05) is 6.07 Å². The predicted octanol–water partition coefficient (Wildman–Crippen LogP) is 1.28. The number of benzene rings is 1. The van der Waals surface area contributed by atoms with Crippen molar-refractivity contribution in [3.63, 3.8) is 0 Å². The first-order valence-corrected chi connectivity index (χ1v) is 5.36. The van der Waals surface area contributed by atoms with Crippen LogP contribution in [0.15, 0.2) is 18.2 Å². The van der Waals surface area contributed by atoms with Gasteiger partial charge in [0.2, 0.25) is 5.82 Å². The van der Waals surface area contributed by atoms with E-state index in [1.165, 1.54) is 0 Å². The Balaban J connectivity index is 2.40. The number of rotatable bonds is 4. The Hall–Kier alpha value is -2.88. The molecule has 0 spiro atoms. The number of ether oxygens (including phenoxy) is 2. The lowest BCUT2D eigenvalue weighted by Gasteiger charge is -2.07. The highest BCUT2D eigenvalue weighted by Crippen LogP contribution is 2.28. The van der Waals surface area contributed by atoms with Gasteiger partial charge in [0.1, 0.15) is 11.6 Å². The molecule has 0 aliphatic heterocycles. The second kappa shape index (κ2) is 5.64. The number of H-pyrrole nitrogens is 1. The normalized spacial score (nSPS) is 10.9. The van der Waals surface area contributed by atoms with Crippen molar-refractivity contribution in [1.29, 1.82) is 5.26 Å². The monoisotopic (exact) mass is 257 g/mol. The number of nitriles is 1. The Labute approximate surface area is 109 Å². The molecule has 0 amide bonds. The van der Waals surface area contributed by atoms with Gasteiger partial charge < -0.3 is 9.47 Å². The fourth-order valence-electron chi connectivity index (χ4n) is 1.53. The van der Waals surface area contributed by atoms with E-state index in [-0.39, 0.29) is 5.82 Å². The first-order valence-electron chi connectivity index (χ1n) is 5.36. The summed E-state index contributed by atoms with van der Waals surface area (Å²) in [6.07, 6.45) is 1.65. The number of aromatic amines is 1. The van der Waals surface area contributed by atoms with Gasteiger partial charge in [0, 0.05) is 0 Å². The van der Waals surface area contributed by atoms with Crippen LogP contribution in [-0.4, -0.2) is 34.8 Å². The molecule has 1 aromatic heterocycles. The summed E-state index contributed by atoms with van der Waals surface area (Å²) in [6.45, 7) is 0. The number of methoxy groups -OCH3 is 2. The number of allylic oxidation sites excluding steroid dienone is 1. The highest BCUT2D eigenvalue weighted by Gasteiger charge is 2.08. The Kier molecular flexibility index (Phi) is 3.73. The van der Waals surface area contributed by atoms with Crippen molar-refractivity contribution in [2.45, 2.75) is 0 Å². The lowest BCUT2D eigenvalue weighted by atomic mass is 10.1. The molecule has 96 valence electrons. The van der Waals surface area contributed by atoms with Crippen molar-refractivity contribution >= 4 is 11.6 Å². The number of tetrazole rings is 1. The largest absolute Gasteiger partial charge is 0.493 e. The van der Waals surface area contributed by atoms with Crippen molar-refractivity contribution in [3.8, 4) is 17.6 Å². The van der Waals surface area contributed by atoms with Gasteiger partial charge in [0.05, 0.1) is 14.2 Å². The van der Waals surface area contributed by atoms with Crippen LogP contribution in [0.25, 0.3) is 11.6 Å². The molecule has 0 fully saturated rings. The first kappa shape index (κ1) is 12.6. The van der Waals surface area contributed by atoms with Gasteiger partial charge in [-0.2, -0.15) is 10.5 Å². The number of hydrogen-bond donors (Lipinski definition) is 1. The van der Waals surface area contributed by atoms with E-state index in [0.717, 1.165) is 5.56 Å². The van der Waals surface area contributed by atoms with E-state index in [1.54, 1.807) is 38.5 Å². The van der Waals surface area contributed by atoms with Crippen molar-refractivity contribution in [3.05, 3.63) is 29.6 Å². The van der Waals surface area contributed by atoms with Crippen LogP contribution in [0, 0.1) is 11.3 Å². The average molecular weight is 257 g/mol. The van der Waals surface area contributed by atoms with Gasteiger partial charge in [-0.25, -0.2) is 0 Å². The van der Waals surface area contributed by atoms with Crippen molar-refractivity contribution in [2.75, 3.05) is 14.2 Å². The summed E-state index contributed by atoms with van der Waals surface area (Å²) in [7, 11) is 3.11. The Morgan fingerprint density at radius 1 is 1.32 bits per heavy atom. The second-order valence-corrected chi connectivity index (χ2v) is 3.52. The molecule has 0 saturated carbocycles. The Bertz CT molecular complexity index is 628. The molecular formula is C12H11N5O2. The molecule has 0 aliphatic carbocycles. The van der Waals surface area contributed by atoms with E-state index in [9.17, 15) is 0 Å². The van der Waals surface area contributed by atoms with E-state index in [2.05, 4.69) is 20.6 Å². The predicted molar refractivity (Wildman–Crippen MR) is 67.2 cm³/mol. The topological polar surface area (TPSA) is 96.7 Å². The van der Waals surface area contributed by atoms with Crippen LogP contribution in [0.2, 0.25) is 0 Å². The van der Waals surface area contributed by atoms with Crippen molar-refractivity contribution < 1.29 is 9.47 Å². The highest BCUT2D eigenvalue weighted by molar-refractivity contribution is 5.87. The van der Waals surface area contributed by atoms with E-state index < -0.39 is 0 Å². The number of nitrogens with zero attached hydrogens (tertiary/aromatic N) is 4. The van der Waals surface area contributed by atoms with Crippen LogP contribution in [0.1, 0.15) is 11.4 Å². The maximum Gasteiger partial charge on any atom is 0.215 e. The summed E-state index contributed by atoms with van der Waals surface area (Å²) in [5.74, 6) is 1.46. The smallest absolute Gasteiger partial charge is 0.215 e. The van der Waals surface area contributed by atoms with E-state index in [0.29, 0.717) is 17.1 Å². The average Bonchev–Trinajstić information content (AvgIpc) is 2.98. The molecule has 0 radical (unpaired) electrons. The lowest BCUT2D eigenvalue weighted by Crippen LogP contribution is -1.91. The molecule has 2 aromatic rings. The fraction of sp³-hybridized carbons (Fsp3) is 0.167. The van der Waals surface area contributed by atoms with Crippen LogP contribution in [0.4, 0.5) is 0 Å². The highest BCUT2D eigenvalue weighted by atomic mass is 16.5. The van der Waals surface area contributed by atoms with Crippen molar-refractivity contribution in [2.24, 2.45) is 0 Å². The molecule has 1 N–H and O–H groups in total. The Morgan fingerprint density at radius 3 is 2.68 bits per heavy atom. The van der Waals surface area contributed by atoms with E-state index in [4.69, 9.17) is 14.7 Å². The van der Waals surface area contributed by atoms with Gasteiger partial charge in [-0.05, 0) is 29.0 Å². The molecule has 1 aromatic carbocycles. The molecule has 1 heterocycles. The molecule has 7 heteroatoms. The maximum atomic E-state index is 9.09. The van der Waals surface area contributed by atoms with Crippen LogP contribution in [0.5, 0.6) is 11.5 Å². The molecule has 0 unspecified atom stereocenters. The van der Waals surface area contributed by atoms with Crippen molar-refractivity contribution in [1.82, 2.24) is 20.6 Å². The third kappa shape index (κ3) is 2.69. The third-order valence-corrected chi connectivity index (χ3v) is 2.43. The second-order valence-electron chi connectivity index (χ2n) is 3.52. The zero-order chi connectivity index (χ0) is 13.7. The zero-order valence-electron chi connectivity index (χ0n) is 10.4. The molecule has 0 atom stereocenters. The van der Waals surface area contributed by atoms with Crippen LogP contribution >= 0.6 is 0 Å². The number of nitrogens with one attached hydrogen (secondary N) is 1. The van der Waals surface area contributed by atoms with Crippen LogP contribution in [0.3, 0.4) is 0 Å². The summed E-state index contributed by atoms with van der Waals surface area (Å²) in [6, 6.07) is 7.35. The van der Waals surface area contributed by atoms with Gasteiger partial charge >= 0.3 is 0 Å². The molecule has 0 saturated heterocycles. The summed E-state index contributed by atoms with van der Waals surface area (Å²) in [4.78, 5) is 0. The summed E-state index contributed by atoms with van der Waals surface area (Å²) in [5, 5.41) is 22.3. The number of hydrogen-bond acceptors (Lipinski definition) is 6. The summed E-state index contributed by atoms with van der Waals surface area (Å²) >= 11 is 0. The van der Waals surface area contributed by atoms with E-state index >= 15 is 0 Å². The van der Waals surface area contributed by atoms with Gasteiger partial charge in [-0.1, -0.05) is 6.07 Å². The van der Waals surface area contributed by atoms with Crippen LogP contribution < -0.4 is 9.47 Å². The molecule has 19 heavy (non-hydrogen) atoms. The zero-order valence-corrected chi connectivity index (χ0v) is 10.4. The first-order chi connectivity index (χ1) is 9.28. The number of aromatic nitrogens is 4.